The molecule has 0 aromatic heterocycles. The summed E-state index contributed by atoms with van der Waals surface area (Å²) in [5.41, 5.74) is 0.580. The van der Waals surface area contributed by atoms with E-state index in [4.69, 9.17) is 5.26 Å². The van der Waals surface area contributed by atoms with Crippen LogP contribution >= 0.6 is 0 Å². The Bertz CT molecular complexity index is 357. The Kier molecular flexibility index (Phi) is 3.02. The summed E-state index contributed by atoms with van der Waals surface area (Å²) in [7, 11) is -3.90. The first-order valence-corrected chi connectivity index (χ1v) is 5.17. The third-order valence-corrected chi connectivity index (χ3v) is 3.15. The zero-order valence-corrected chi connectivity index (χ0v) is 7.86. The molecule has 1 atom stereocenters. The summed E-state index contributed by atoms with van der Waals surface area (Å²) < 4.78 is 25.5. The minimum absolute atomic E-state index is 0.580. The highest BCUT2D eigenvalue weighted by molar-refractivity contribution is 7.86. The van der Waals surface area contributed by atoms with E-state index in [9.17, 15) is 8.42 Å². The first-order chi connectivity index (χ1) is 6.08. The smallest absolute Gasteiger partial charge is 0.235 e. The van der Waals surface area contributed by atoms with Crippen LogP contribution in [0.25, 0.3) is 0 Å². The normalized spacial score (nSPS) is 14.0. The molecular formula is C8H10O4S. The van der Waals surface area contributed by atoms with Crippen molar-refractivity contribution in [3.63, 3.8) is 0 Å². The molecule has 13 heavy (non-hydrogen) atoms. The third kappa shape index (κ3) is 2.27. The molecule has 5 heteroatoms. The van der Waals surface area contributed by atoms with Crippen LogP contribution in [-0.2, 0) is 14.5 Å². The van der Waals surface area contributed by atoms with Crippen molar-refractivity contribution >= 4 is 10.1 Å². The Hall–Kier alpha value is -0.910. The third-order valence-electron chi connectivity index (χ3n) is 1.81. The predicted molar refractivity (Wildman–Crippen MR) is 47.5 cm³/mol. The maximum atomic E-state index is 11.0. The van der Waals surface area contributed by atoms with Gasteiger partial charge in [0.1, 0.15) is 5.25 Å². The summed E-state index contributed by atoms with van der Waals surface area (Å²) in [4.78, 5) is 0. The van der Waals surface area contributed by atoms with Crippen molar-refractivity contribution in [3.05, 3.63) is 35.9 Å². The molecule has 0 spiro atoms. The van der Waals surface area contributed by atoms with Crippen molar-refractivity contribution in [2.24, 2.45) is 0 Å². The highest BCUT2D eigenvalue weighted by Gasteiger charge is 2.22. The molecule has 1 N–H and O–H groups in total. The second kappa shape index (κ2) is 3.87. The van der Waals surface area contributed by atoms with Gasteiger partial charge in [-0.1, -0.05) is 30.3 Å². The summed E-state index contributed by atoms with van der Waals surface area (Å²) in [6.45, 7) is 1.45. The standard InChI is InChI=1S/C8H10O4S/c1-7(13(10,11)12-9)8-5-3-2-4-6-8/h2-7,9H,1H3. The number of hydrogen-bond donors (Lipinski definition) is 1. The SMILES string of the molecule is CC(c1ccccc1)S(=O)(=O)OO. The fourth-order valence-electron chi connectivity index (χ4n) is 0.955. The maximum absolute atomic E-state index is 11.0. The van der Waals surface area contributed by atoms with Gasteiger partial charge < -0.3 is 0 Å². The van der Waals surface area contributed by atoms with E-state index in [-0.39, 0.29) is 0 Å². The van der Waals surface area contributed by atoms with Gasteiger partial charge in [0.25, 0.3) is 10.1 Å². The molecule has 0 saturated heterocycles. The average molecular weight is 202 g/mol. The zero-order valence-electron chi connectivity index (χ0n) is 7.04. The molecular weight excluding hydrogens is 192 g/mol. The summed E-state index contributed by atoms with van der Waals surface area (Å²) in [6.07, 6.45) is 0. The lowest BCUT2D eigenvalue weighted by atomic mass is 10.2. The zero-order chi connectivity index (χ0) is 9.90. The number of benzene rings is 1. The van der Waals surface area contributed by atoms with Crippen LogP contribution < -0.4 is 0 Å². The van der Waals surface area contributed by atoms with E-state index in [1.54, 1.807) is 30.3 Å². The van der Waals surface area contributed by atoms with Gasteiger partial charge in [-0.2, -0.15) is 8.42 Å². The van der Waals surface area contributed by atoms with Gasteiger partial charge in [-0.25, -0.2) is 5.26 Å². The van der Waals surface area contributed by atoms with Crippen LogP contribution in [0.1, 0.15) is 17.7 Å². The largest absolute Gasteiger partial charge is 0.300 e. The molecule has 0 aliphatic rings. The van der Waals surface area contributed by atoms with Crippen molar-refractivity contribution < 1.29 is 18.0 Å². The predicted octanol–water partition coefficient (Wildman–Crippen LogP) is 1.57. The Morgan fingerprint density at radius 1 is 1.31 bits per heavy atom. The molecule has 1 aromatic rings. The summed E-state index contributed by atoms with van der Waals surface area (Å²) >= 11 is 0. The van der Waals surface area contributed by atoms with Gasteiger partial charge in [0.2, 0.25) is 0 Å². The molecule has 72 valence electrons. The molecule has 0 amide bonds. The lowest BCUT2D eigenvalue weighted by Gasteiger charge is -2.08. The average Bonchev–Trinajstić information content (AvgIpc) is 2.18. The molecule has 0 bridgehead atoms. The van der Waals surface area contributed by atoms with E-state index < -0.39 is 15.4 Å². The van der Waals surface area contributed by atoms with Gasteiger partial charge in [0.05, 0.1) is 0 Å². The van der Waals surface area contributed by atoms with Crippen LogP contribution in [0.3, 0.4) is 0 Å². The Balaban J connectivity index is 2.99. The molecule has 0 saturated carbocycles. The second-order valence-corrected chi connectivity index (χ2v) is 4.46. The van der Waals surface area contributed by atoms with Gasteiger partial charge >= 0.3 is 0 Å². The lowest BCUT2D eigenvalue weighted by Crippen LogP contribution is -2.11. The van der Waals surface area contributed by atoms with Crippen LogP contribution in [0.2, 0.25) is 0 Å². The van der Waals surface area contributed by atoms with Crippen LogP contribution in [-0.4, -0.2) is 13.7 Å². The summed E-state index contributed by atoms with van der Waals surface area (Å²) in [5.74, 6) is 0. The highest BCUT2D eigenvalue weighted by Crippen LogP contribution is 2.21. The van der Waals surface area contributed by atoms with Gasteiger partial charge in [0.15, 0.2) is 0 Å². The Morgan fingerprint density at radius 2 is 1.85 bits per heavy atom. The quantitative estimate of drug-likeness (QED) is 0.597. The highest BCUT2D eigenvalue weighted by atomic mass is 32.2. The van der Waals surface area contributed by atoms with Gasteiger partial charge in [-0.15, -0.1) is 4.33 Å². The fraction of sp³-hybridized carbons (Fsp3) is 0.250. The Morgan fingerprint density at radius 3 is 2.31 bits per heavy atom. The first kappa shape index (κ1) is 10.2. The molecule has 1 rings (SSSR count). The molecule has 0 aliphatic heterocycles. The van der Waals surface area contributed by atoms with Crippen LogP contribution in [0.15, 0.2) is 30.3 Å². The van der Waals surface area contributed by atoms with Gasteiger partial charge in [-0.05, 0) is 12.5 Å². The van der Waals surface area contributed by atoms with Crippen molar-refractivity contribution in [1.29, 1.82) is 0 Å². The van der Waals surface area contributed by atoms with Crippen molar-refractivity contribution in [3.8, 4) is 0 Å². The van der Waals surface area contributed by atoms with Crippen molar-refractivity contribution in [2.75, 3.05) is 0 Å². The van der Waals surface area contributed by atoms with E-state index in [1.165, 1.54) is 6.92 Å². The van der Waals surface area contributed by atoms with Crippen LogP contribution in [0, 0.1) is 0 Å². The minimum Gasteiger partial charge on any atom is -0.235 e. The molecule has 0 heterocycles. The summed E-state index contributed by atoms with van der Waals surface area (Å²) in [5, 5.41) is 7.28. The molecule has 0 radical (unpaired) electrons. The molecule has 0 fully saturated rings. The first-order valence-electron chi connectivity index (χ1n) is 3.69. The number of hydrogen-bond acceptors (Lipinski definition) is 4. The van der Waals surface area contributed by atoms with Crippen LogP contribution in [0.4, 0.5) is 0 Å². The molecule has 4 nitrogen and oxygen atoms in total. The number of rotatable bonds is 3. The second-order valence-electron chi connectivity index (χ2n) is 2.62. The van der Waals surface area contributed by atoms with Gasteiger partial charge in [0, 0.05) is 0 Å². The van der Waals surface area contributed by atoms with Crippen molar-refractivity contribution in [1.82, 2.24) is 0 Å². The van der Waals surface area contributed by atoms with E-state index in [1.807, 2.05) is 0 Å². The Labute approximate surface area is 76.8 Å². The minimum atomic E-state index is -3.90. The molecule has 1 unspecified atom stereocenters. The maximum Gasteiger partial charge on any atom is 0.300 e. The van der Waals surface area contributed by atoms with Gasteiger partial charge in [-0.3, -0.25) is 0 Å². The fourth-order valence-corrected chi connectivity index (χ4v) is 1.57. The van der Waals surface area contributed by atoms with Crippen molar-refractivity contribution in [2.45, 2.75) is 12.2 Å². The van der Waals surface area contributed by atoms with E-state index in [0.717, 1.165) is 0 Å². The molecule has 0 aliphatic carbocycles. The van der Waals surface area contributed by atoms with Crippen LogP contribution in [0.5, 0.6) is 0 Å². The molecule has 1 aromatic carbocycles. The summed E-state index contributed by atoms with van der Waals surface area (Å²) in [6, 6.07) is 8.53. The lowest BCUT2D eigenvalue weighted by molar-refractivity contribution is -0.131. The van der Waals surface area contributed by atoms with E-state index >= 15 is 0 Å². The van der Waals surface area contributed by atoms with E-state index in [2.05, 4.69) is 4.33 Å². The topological polar surface area (TPSA) is 63.6 Å². The monoisotopic (exact) mass is 202 g/mol. The van der Waals surface area contributed by atoms with E-state index in [0.29, 0.717) is 5.56 Å².